The van der Waals surface area contributed by atoms with Gasteiger partial charge in [-0.05, 0) is 62.1 Å². The minimum Gasteiger partial charge on any atom is -0.481 e. The molecule has 3 nitrogen and oxygen atoms in total. The van der Waals surface area contributed by atoms with E-state index in [1.807, 2.05) is 18.2 Å². The molecule has 3 heterocycles. The van der Waals surface area contributed by atoms with E-state index in [0.29, 0.717) is 5.92 Å². The molecule has 0 amide bonds. The van der Waals surface area contributed by atoms with Crippen LogP contribution in [0.2, 0.25) is 0 Å². The van der Waals surface area contributed by atoms with Crippen LogP contribution in [0, 0.1) is 17.8 Å². The summed E-state index contributed by atoms with van der Waals surface area (Å²) in [5.41, 5.74) is 0.358. The molecule has 3 aliphatic heterocycles. The lowest BCUT2D eigenvalue weighted by Crippen LogP contribution is -2.56. The van der Waals surface area contributed by atoms with Gasteiger partial charge < -0.3 is 10.0 Å². The lowest BCUT2D eigenvalue weighted by atomic mass is 9.56. The predicted octanol–water partition coefficient (Wildman–Crippen LogP) is 4.32. The smallest absolute Gasteiger partial charge is 0.314 e. The quantitative estimate of drug-likeness (QED) is 0.890. The van der Waals surface area contributed by atoms with Crippen LogP contribution in [0.4, 0.5) is 0 Å². The summed E-state index contributed by atoms with van der Waals surface area (Å²) in [6.45, 7) is 3.57. The summed E-state index contributed by atoms with van der Waals surface area (Å²) < 4.78 is 0. The van der Waals surface area contributed by atoms with Gasteiger partial charge in [0.2, 0.25) is 0 Å². The van der Waals surface area contributed by atoms with E-state index in [9.17, 15) is 9.90 Å². The van der Waals surface area contributed by atoms with Gasteiger partial charge in [-0.2, -0.15) is 0 Å². The van der Waals surface area contributed by atoms with Gasteiger partial charge in [-0.3, -0.25) is 4.79 Å². The first kappa shape index (κ1) is 17.1. The van der Waals surface area contributed by atoms with E-state index < -0.39 is 11.4 Å². The summed E-state index contributed by atoms with van der Waals surface area (Å²) in [6, 6.07) is 10.2. The van der Waals surface area contributed by atoms with Gasteiger partial charge in [0.25, 0.3) is 0 Å². The number of nitrogens with zero attached hydrogens (tertiary/aromatic N) is 1. The Morgan fingerprint density at radius 3 is 2.36 bits per heavy atom. The number of carbonyl (C=O) groups is 1. The fourth-order valence-electron chi connectivity index (χ4n) is 6.08. The Bertz CT molecular complexity index is 593. The van der Waals surface area contributed by atoms with Gasteiger partial charge in [0.05, 0.1) is 5.41 Å². The van der Waals surface area contributed by atoms with Crippen molar-refractivity contribution in [3.05, 3.63) is 35.9 Å². The van der Waals surface area contributed by atoms with Crippen LogP contribution in [0.15, 0.2) is 30.3 Å². The predicted molar refractivity (Wildman–Crippen MR) is 99.6 cm³/mol. The van der Waals surface area contributed by atoms with Crippen LogP contribution in [0.5, 0.6) is 0 Å². The van der Waals surface area contributed by atoms with Gasteiger partial charge in [0.1, 0.15) is 0 Å². The second kappa shape index (κ2) is 7.11. The van der Waals surface area contributed by atoms with Crippen LogP contribution < -0.4 is 0 Å². The molecule has 2 unspecified atom stereocenters. The third-order valence-electron chi connectivity index (χ3n) is 7.36. The SMILES string of the molecule is O=C(O)C1(c2ccccc2)CCCCCCC1[C@@H]1CN2CCC1CC2. The molecule has 1 saturated carbocycles. The number of hydrogen-bond acceptors (Lipinski definition) is 2. The Kier molecular flexibility index (Phi) is 4.86. The number of hydrogen-bond donors (Lipinski definition) is 1. The number of carboxylic acid groups (broad SMARTS) is 1. The third kappa shape index (κ3) is 3.01. The van der Waals surface area contributed by atoms with Gasteiger partial charge in [-0.25, -0.2) is 0 Å². The number of fused-ring (bicyclic) bond motifs is 3. The zero-order chi connectivity index (χ0) is 17.3. The zero-order valence-electron chi connectivity index (χ0n) is 15.2. The maximum Gasteiger partial charge on any atom is 0.314 e. The highest BCUT2D eigenvalue weighted by molar-refractivity contribution is 5.82. The topological polar surface area (TPSA) is 40.5 Å². The fraction of sp³-hybridized carbons (Fsp3) is 0.682. The summed E-state index contributed by atoms with van der Waals surface area (Å²) in [5, 5.41) is 10.5. The van der Waals surface area contributed by atoms with Crippen LogP contribution in [0.25, 0.3) is 0 Å². The molecule has 136 valence electrons. The molecule has 1 aromatic carbocycles. The number of rotatable bonds is 3. The molecule has 3 atom stereocenters. The summed E-state index contributed by atoms with van der Waals surface area (Å²) in [6.07, 6.45) is 9.10. The average Bonchev–Trinajstić information content (AvgIpc) is 2.63. The van der Waals surface area contributed by atoms with E-state index in [4.69, 9.17) is 0 Å². The summed E-state index contributed by atoms with van der Waals surface area (Å²) in [4.78, 5) is 15.4. The maximum absolute atomic E-state index is 12.8. The van der Waals surface area contributed by atoms with Crippen molar-refractivity contribution < 1.29 is 9.90 Å². The summed E-state index contributed by atoms with van der Waals surface area (Å²) in [7, 11) is 0. The summed E-state index contributed by atoms with van der Waals surface area (Å²) in [5.74, 6) is 0.983. The van der Waals surface area contributed by atoms with E-state index >= 15 is 0 Å². The van der Waals surface area contributed by atoms with Crippen LogP contribution >= 0.6 is 0 Å². The molecule has 1 N–H and O–H groups in total. The normalized spacial score (nSPS) is 38.7. The van der Waals surface area contributed by atoms with Crippen LogP contribution in [0.3, 0.4) is 0 Å². The van der Waals surface area contributed by atoms with Gasteiger partial charge in [0.15, 0.2) is 0 Å². The molecule has 0 spiro atoms. The highest BCUT2D eigenvalue weighted by Gasteiger charge is 2.53. The molecule has 3 saturated heterocycles. The molecule has 4 fully saturated rings. The molecule has 2 bridgehead atoms. The van der Waals surface area contributed by atoms with Gasteiger partial charge >= 0.3 is 5.97 Å². The Labute approximate surface area is 151 Å². The van der Waals surface area contributed by atoms with Gasteiger partial charge in [0, 0.05) is 6.54 Å². The molecule has 25 heavy (non-hydrogen) atoms. The lowest BCUT2D eigenvalue weighted by molar-refractivity contribution is -0.150. The van der Waals surface area contributed by atoms with Crippen molar-refractivity contribution in [2.45, 2.75) is 56.8 Å². The van der Waals surface area contributed by atoms with Crippen molar-refractivity contribution >= 4 is 5.97 Å². The molecule has 3 heteroatoms. The standard InChI is InChI=1S/C22H31NO2/c24-21(25)22(18-8-4-3-5-9-18)13-7-2-1-6-10-20(22)19-16-23-14-11-17(19)12-15-23/h3-5,8-9,17,19-20H,1-2,6-7,10-16H2,(H,24,25)/t19-,20?,22?/m1/s1. The van der Waals surface area contributed by atoms with Crippen molar-refractivity contribution in [2.24, 2.45) is 17.8 Å². The van der Waals surface area contributed by atoms with Crippen molar-refractivity contribution in [3.63, 3.8) is 0 Å². The second-order valence-electron chi connectivity index (χ2n) is 8.50. The number of carboxylic acids is 1. The van der Waals surface area contributed by atoms with Crippen molar-refractivity contribution in [1.82, 2.24) is 4.90 Å². The molecule has 4 aliphatic rings. The molecule has 0 radical (unpaired) electrons. The van der Waals surface area contributed by atoms with Crippen molar-refractivity contribution in [2.75, 3.05) is 19.6 Å². The number of benzene rings is 1. The first-order valence-electron chi connectivity index (χ1n) is 10.2. The Morgan fingerprint density at radius 1 is 1.00 bits per heavy atom. The van der Waals surface area contributed by atoms with Crippen LogP contribution in [-0.4, -0.2) is 35.6 Å². The molecule has 0 aromatic heterocycles. The third-order valence-corrected chi connectivity index (χ3v) is 7.36. The fourth-order valence-corrected chi connectivity index (χ4v) is 6.08. The summed E-state index contributed by atoms with van der Waals surface area (Å²) >= 11 is 0. The number of piperidine rings is 3. The zero-order valence-corrected chi connectivity index (χ0v) is 15.2. The molecular formula is C22H31NO2. The molecular weight excluding hydrogens is 310 g/mol. The van der Waals surface area contributed by atoms with Gasteiger partial charge in [-0.1, -0.05) is 56.0 Å². The van der Waals surface area contributed by atoms with Gasteiger partial charge in [-0.15, -0.1) is 0 Å². The van der Waals surface area contributed by atoms with E-state index in [2.05, 4.69) is 17.0 Å². The van der Waals surface area contributed by atoms with Crippen LogP contribution in [0.1, 0.15) is 56.9 Å². The Balaban J connectivity index is 1.77. The first-order valence-corrected chi connectivity index (χ1v) is 10.2. The first-order chi connectivity index (χ1) is 12.2. The molecule has 1 aromatic rings. The minimum atomic E-state index is -0.690. The highest BCUT2D eigenvalue weighted by Crippen LogP contribution is 2.50. The Morgan fingerprint density at radius 2 is 1.72 bits per heavy atom. The van der Waals surface area contributed by atoms with E-state index in [1.54, 1.807) is 0 Å². The van der Waals surface area contributed by atoms with Crippen LogP contribution in [-0.2, 0) is 10.2 Å². The highest BCUT2D eigenvalue weighted by atomic mass is 16.4. The molecule has 5 rings (SSSR count). The van der Waals surface area contributed by atoms with E-state index in [-0.39, 0.29) is 5.92 Å². The van der Waals surface area contributed by atoms with Crippen molar-refractivity contribution in [3.8, 4) is 0 Å². The number of aliphatic carboxylic acids is 1. The lowest BCUT2D eigenvalue weighted by Gasteiger charge is -2.52. The largest absolute Gasteiger partial charge is 0.481 e. The minimum absolute atomic E-state index is 0.279. The Hall–Kier alpha value is -1.35. The van der Waals surface area contributed by atoms with E-state index in [0.717, 1.165) is 37.3 Å². The van der Waals surface area contributed by atoms with E-state index in [1.165, 1.54) is 45.2 Å². The molecule has 1 aliphatic carbocycles. The monoisotopic (exact) mass is 341 g/mol. The van der Waals surface area contributed by atoms with Crippen molar-refractivity contribution in [1.29, 1.82) is 0 Å². The maximum atomic E-state index is 12.8. The second-order valence-corrected chi connectivity index (χ2v) is 8.50. The average molecular weight is 341 g/mol.